The van der Waals surface area contributed by atoms with Crippen LogP contribution in [0, 0.1) is 0 Å². The molecule has 0 spiro atoms. The molecule has 4 heteroatoms. The molecule has 1 heterocycles. The fourth-order valence-electron chi connectivity index (χ4n) is 1.73. The fraction of sp³-hybridized carbons (Fsp3) is 0.308. The molecule has 1 aromatic heterocycles. The van der Waals surface area contributed by atoms with Crippen LogP contribution in [0.2, 0.25) is 0 Å². The van der Waals surface area contributed by atoms with E-state index in [0.29, 0.717) is 0 Å². The molecule has 2 rings (SSSR count). The molecule has 1 N–H and O–H groups in total. The highest BCUT2D eigenvalue weighted by Gasteiger charge is 2.14. The Morgan fingerprint density at radius 1 is 1.35 bits per heavy atom. The van der Waals surface area contributed by atoms with Gasteiger partial charge in [-0.3, -0.25) is 0 Å². The number of benzene rings is 1. The van der Waals surface area contributed by atoms with E-state index in [-0.39, 0.29) is 6.04 Å². The van der Waals surface area contributed by atoms with Crippen LogP contribution in [0.4, 0.5) is 0 Å². The molecule has 0 aliphatic carbocycles. The first-order chi connectivity index (χ1) is 8.35. The molecular formula is C13H16N2S2. The summed E-state index contributed by atoms with van der Waals surface area (Å²) in [6.07, 6.45) is 3.96. The highest BCUT2D eigenvalue weighted by molar-refractivity contribution is 7.98. The zero-order valence-electron chi connectivity index (χ0n) is 10.0. The maximum atomic E-state index is 4.40. The summed E-state index contributed by atoms with van der Waals surface area (Å²) in [5.41, 5.74) is 1.28. The minimum Gasteiger partial charge on any atom is -0.305 e. The van der Waals surface area contributed by atoms with Crippen LogP contribution in [0.15, 0.2) is 40.7 Å². The van der Waals surface area contributed by atoms with Gasteiger partial charge in [-0.25, -0.2) is 4.98 Å². The summed E-state index contributed by atoms with van der Waals surface area (Å²) in [4.78, 5) is 5.70. The second kappa shape index (κ2) is 6.19. The van der Waals surface area contributed by atoms with Crippen molar-refractivity contribution in [1.82, 2.24) is 10.3 Å². The van der Waals surface area contributed by atoms with Gasteiger partial charge >= 0.3 is 0 Å². The molecule has 90 valence electrons. The van der Waals surface area contributed by atoms with Crippen molar-refractivity contribution in [2.24, 2.45) is 0 Å². The standard InChI is InChI=1S/C13H16N2S2/c1-3-14-12(13-15-8-9-17-13)10-4-6-11(16-2)7-5-10/h4-9,12,14H,3H2,1-2H3. The van der Waals surface area contributed by atoms with Crippen LogP contribution in [-0.4, -0.2) is 17.8 Å². The van der Waals surface area contributed by atoms with Gasteiger partial charge in [0.2, 0.25) is 0 Å². The number of rotatable bonds is 5. The van der Waals surface area contributed by atoms with Crippen molar-refractivity contribution in [3.05, 3.63) is 46.4 Å². The molecule has 2 nitrogen and oxygen atoms in total. The Morgan fingerprint density at radius 2 is 2.12 bits per heavy atom. The Labute approximate surface area is 110 Å². The molecule has 0 saturated heterocycles. The summed E-state index contributed by atoms with van der Waals surface area (Å²) in [7, 11) is 0. The van der Waals surface area contributed by atoms with E-state index in [4.69, 9.17) is 0 Å². The molecule has 0 bridgehead atoms. The van der Waals surface area contributed by atoms with Crippen LogP contribution in [0.3, 0.4) is 0 Å². The summed E-state index contributed by atoms with van der Waals surface area (Å²) in [5, 5.41) is 6.63. The number of hydrogen-bond acceptors (Lipinski definition) is 4. The lowest BCUT2D eigenvalue weighted by molar-refractivity contribution is 0.627. The molecule has 0 radical (unpaired) electrons. The average Bonchev–Trinajstić information content (AvgIpc) is 2.90. The van der Waals surface area contributed by atoms with Crippen LogP contribution in [0.5, 0.6) is 0 Å². The van der Waals surface area contributed by atoms with E-state index in [1.807, 2.05) is 11.6 Å². The van der Waals surface area contributed by atoms with Crippen LogP contribution in [0.1, 0.15) is 23.5 Å². The Hall–Kier alpha value is -0.840. The molecule has 17 heavy (non-hydrogen) atoms. The van der Waals surface area contributed by atoms with Gasteiger partial charge in [-0.05, 0) is 30.5 Å². The van der Waals surface area contributed by atoms with Crippen molar-refractivity contribution in [1.29, 1.82) is 0 Å². The van der Waals surface area contributed by atoms with E-state index < -0.39 is 0 Å². The lowest BCUT2D eigenvalue weighted by Crippen LogP contribution is -2.21. The third-order valence-electron chi connectivity index (χ3n) is 2.56. The highest BCUT2D eigenvalue weighted by atomic mass is 32.2. The van der Waals surface area contributed by atoms with E-state index in [1.54, 1.807) is 23.1 Å². The third kappa shape index (κ3) is 3.09. The summed E-state index contributed by atoms with van der Waals surface area (Å²) in [6, 6.07) is 8.91. The van der Waals surface area contributed by atoms with Gasteiger partial charge in [0.05, 0.1) is 6.04 Å². The quantitative estimate of drug-likeness (QED) is 0.836. The van der Waals surface area contributed by atoms with Crippen molar-refractivity contribution in [3.63, 3.8) is 0 Å². The molecule has 1 aromatic carbocycles. The molecule has 0 aliphatic heterocycles. The largest absolute Gasteiger partial charge is 0.305 e. The number of aromatic nitrogens is 1. The average molecular weight is 264 g/mol. The number of thiazole rings is 1. The number of nitrogens with zero attached hydrogens (tertiary/aromatic N) is 1. The summed E-state index contributed by atoms with van der Waals surface area (Å²) in [5.74, 6) is 0. The highest BCUT2D eigenvalue weighted by Crippen LogP contribution is 2.25. The van der Waals surface area contributed by atoms with Crippen LogP contribution in [0.25, 0.3) is 0 Å². The van der Waals surface area contributed by atoms with Gasteiger partial charge in [0, 0.05) is 16.5 Å². The number of nitrogens with one attached hydrogen (secondary N) is 1. The lowest BCUT2D eigenvalue weighted by atomic mass is 10.1. The zero-order valence-corrected chi connectivity index (χ0v) is 11.6. The predicted octanol–water partition coefficient (Wildman–Crippen LogP) is 3.56. The molecule has 0 fully saturated rings. The normalized spacial score (nSPS) is 12.6. The molecule has 0 amide bonds. The fourth-order valence-corrected chi connectivity index (χ4v) is 2.87. The maximum absolute atomic E-state index is 4.40. The Balaban J connectivity index is 2.26. The van der Waals surface area contributed by atoms with E-state index >= 15 is 0 Å². The number of thioether (sulfide) groups is 1. The molecule has 2 aromatic rings. The first kappa shape index (κ1) is 12.6. The molecule has 0 saturated carbocycles. The zero-order chi connectivity index (χ0) is 12.1. The van der Waals surface area contributed by atoms with Gasteiger partial charge in [-0.1, -0.05) is 19.1 Å². The SMILES string of the molecule is CCNC(c1ccc(SC)cc1)c1nccs1. The van der Waals surface area contributed by atoms with E-state index in [9.17, 15) is 0 Å². The van der Waals surface area contributed by atoms with Crippen molar-refractivity contribution >= 4 is 23.1 Å². The van der Waals surface area contributed by atoms with E-state index in [1.165, 1.54) is 10.5 Å². The van der Waals surface area contributed by atoms with Gasteiger partial charge in [0.25, 0.3) is 0 Å². The Kier molecular flexibility index (Phi) is 4.59. The molecule has 0 aliphatic rings. The smallest absolute Gasteiger partial charge is 0.114 e. The van der Waals surface area contributed by atoms with Gasteiger partial charge in [-0.15, -0.1) is 23.1 Å². The van der Waals surface area contributed by atoms with Crippen molar-refractivity contribution in [3.8, 4) is 0 Å². The van der Waals surface area contributed by atoms with Crippen LogP contribution < -0.4 is 5.32 Å². The molecule has 1 atom stereocenters. The van der Waals surface area contributed by atoms with Crippen molar-refractivity contribution in [2.45, 2.75) is 17.9 Å². The third-order valence-corrected chi connectivity index (χ3v) is 4.14. The summed E-state index contributed by atoms with van der Waals surface area (Å²) in [6.45, 7) is 3.06. The van der Waals surface area contributed by atoms with E-state index in [0.717, 1.165) is 11.6 Å². The first-order valence-corrected chi connectivity index (χ1v) is 7.72. The predicted molar refractivity (Wildman–Crippen MR) is 75.9 cm³/mol. The minimum absolute atomic E-state index is 0.218. The van der Waals surface area contributed by atoms with Crippen LogP contribution in [-0.2, 0) is 0 Å². The Morgan fingerprint density at radius 3 is 2.65 bits per heavy atom. The van der Waals surface area contributed by atoms with E-state index in [2.05, 4.69) is 47.7 Å². The maximum Gasteiger partial charge on any atom is 0.114 e. The second-order valence-electron chi connectivity index (χ2n) is 3.63. The van der Waals surface area contributed by atoms with Crippen LogP contribution >= 0.6 is 23.1 Å². The summed E-state index contributed by atoms with van der Waals surface area (Å²) < 4.78 is 0. The van der Waals surface area contributed by atoms with Gasteiger partial charge in [0.1, 0.15) is 5.01 Å². The molecule has 1 unspecified atom stereocenters. The van der Waals surface area contributed by atoms with Crippen molar-refractivity contribution < 1.29 is 0 Å². The van der Waals surface area contributed by atoms with Gasteiger partial charge < -0.3 is 5.32 Å². The monoisotopic (exact) mass is 264 g/mol. The van der Waals surface area contributed by atoms with Gasteiger partial charge in [0.15, 0.2) is 0 Å². The summed E-state index contributed by atoms with van der Waals surface area (Å²) >= 11 is 3.46. The number of hydrogen-bond donors (Lipinski definition) is 1. The Bertz CT molecular complexity index is 437. The van der Waals surface area contributed by atoms with Crippen molar-refractivity contribution in [2.75, 3.05) is 12.8 Å². The second-order valence-corrected chi connectivity index (χ2v) is 5.44. The van der Waals surface area contributed by atoms with Gasteiger partial charge in [-0.2, -0.15) is 0 Å². The topological polar surface area (TPSA) is 24.9 Å². The first-order valence-electron chi connectivity index (χ1n) is 5.62. The minimum atomic E-state index is 0.218. The molecular weight excluding hydrogens is 248 g/mol. The lowest BCUT2D eigenvalue weighted by Gasteiger charge is -2.16.